The number of hydrogen-bond donors (Lipinski definition) is 3. The summed E-state index contributed by atoms with van der Waals surface area (Å²) in [5.41, 5.74) is 0. The summed E-state index contributed by atoms with van der Waals surface area (Å²) in [7, 11) is 0. The number of esters is 3. The first-order chi connectivity index (χ1) is 38.6. The fourth-order valence-electron chi connectivity index (χ4n) is 9.40. The minimum Gasteiger partial charge on any atom is -0.479 e. The lowest BCUT2D eigenvalue weighted by molar-refractivity contribution is -0.301. The molecule has 0 radical (unpaired) electrons. The maximum atomic E-state index is 13.2. The van der Waals surface area contributed by atoms with Crippen LogP contribution >= 0.6 is 0 Å². The maximum absolute atomic E-state index is 13.2. The Morgan fingerprint density at radius 1 is 0.430 bits per heavy atom. The van der Waals surface area contributed by atoms with E-state index in [4.69, 9.17) is 23.7 Å². The molecule has 12 nitrogen and oxygen atoms in total. The van der Waals surface area contributed by atoms with Crippen molar-refractivity contribution in [2.24, 2.45) is 0 Å². The molecule has 0 bridgehead atoms. The van der Waals surface area contributed by atoms with E-state index in [9.17, 15) is 34.5 Å². The summed E-state index contributed by atoms with van der Waals surface area (Å²) < 4.78 is 28.4. The third kappa shape index (κ3) is 44.5. The number of carbonyl (C=O) groups is 4. The topological polar surface area (TPSA) is 175 Å². The Morgan fingerprint density at radius 2 is 0.810 bits per heavy atom. The van der Waals surface area contributed by atoms with Crippen LogP contribution in [0.15, 0.2) is 72.9 Å². The monoisotopic (exact) mass is 1110 g/mol. The van der Waals surface area contributed by atoms with Gasteiger partial charge >= 0.3 is 23.9 Å². The zero-order chi connectivity index (χ0) is 57.5. The first kappa shape index (κ1) is 73.2. The van der Waals surface area contributed by atoms with E-state index in [0.717, 1.165) is 96.3 Å². The van der Waals surface area contributed by atoms with E-state index in [2.05, 4.69) is 87.6 Å². The number of rotatable bonds is 54. The molecule has 0 aromatic heterocycles. The van der Waals surface area contributed by atoms with Crippen LogP contribution in [0.2, 0.25) is 0 Å². The Labute approximate surface area is 480 Å². The van der Waals surface area contributed by atoms with Crippen LogP contribution in [0.5, 0.6) is 0 Å². The number of unbranched alkanes of at least 4 members (excludes halogenated alkanes) is 28. The number of carboxylic acids is 1. The molecular weight excluding hydrogens is 997 g/mol. The number of ether oxygens (including phenoxy) is 5. The zero-order valence-electron chi connectivity index (χ0n) is 50.1. The van der Waals surface area contributed by atoms with Gasteiger partial charge in [-0.2, -0.15) is 0 Å². The fraction of sp³-hybridized carbons (Fsp3) is 0.761. The van der Waals surface area contributed by atoms with Crippen molar-refractivity contribution < 1.29 is 58.2 Å². The van der Waals surface area contributed by atoms with Gasteiger partial charge in [0.25, 0.3) is 0 Å². The van der Waals surface area contributed by atoms with Crippen molar-refractivity contribution in [2.75, 3.05) is 13.2 Å². The first-order valence-electron chi connectivity index (χ1n) is 31.9. The van der Waals surface area contributed by atoms with Crippen LogP contribution in [-0.2, 0) is 42.9 Å². The van der Waals surface area contributed by atoms with Crippen molar-refractivity contribution in [3.8, 4) is 0 Å². The number of carbonyl (C=O) groups excluding carboxylic acids is 3. The van der Waals surface area contributed by atoms with Gasteiger partial charge in [0.15, 0.2) is 24.6 Å². The normalized spacial score (nSPS) is 18.3. The van der Waals surface area contributed by atoms with Crippen molar-refractivity contribution in [1.29, 1.82) is 0 Å². The number of aliphatic hydroxyl groups excluding tert-OH is 2. The molecule has 1 aliphatic heterocycles. The number of carboxylic acid groups (broad SMARTS) is 1. The second kappa shape index (κ2) is 54.7. The average molecular weight is 1110 g/mol. The summed E-state index contributed by atoms with van der Waals surface area (Å²) in [4.78, 5) is 51.2. The Hall–Kier alpha value is -3.84. The second-order valence-corrected chi connectivity index (χ2v) is 21.7. The smallest absolute Gasteiger partial charge is 0.335 e. The minimum absolute atomic E-state index is 0.0563. The summed E-state index contributed by atoms with van der Waals surface area (Å²) in [5, 5.41) is 31.6. The van der Waals surface area contributed by atoms with Crippen LogP contribution in [-0.4, -0.2) is 89.2 Å². The van der Waals surface area contributed by atoms with Crippen LogP contribution in [0, 0.1) is 0 Å². The van der Waals surface area contributed by atoms with E-state index in [1.165, 1.54) is 116 Å². The molecule has 0 aromatic carbocycles. The van der Waals surface area contributed by atoms with Crippen LogP contribution in [0.1, 0.15) is 278 Å². The fourth-order valence-corrected chi connectivity index (χ4v) is 9.40. The molecule has 0 saturated carbocycles. The van der Waals surface area contributed by atoms with E-state index in [1.807, 2.05) is 6.08 Å². The molecule has 1 fully saturated rings. The molecule has 0 spiro atoms. The van der Waals surface area contributed by atoms with Crippen LogP contribution in [0.25, 0.3) is 0 Å². The van der Waals surface area contributed by atoms with E-state index in [-0.39, 0.29) is 25.9 Å². The number of aliphatic carboxylic acids is 1. The van der Waals surface area contributed by atoms with Gasteiger partial charge in [0.05, 0.1) is 6.61 Å². The van der Waals surface area contributed by atoms with E-state index < -0.39 is 67.3 Å². The highest BCUT2D eigenvalue weighted by atomic mass is 16.7. The predicted molar refractivity (Wildman–Crippen MR) is 322 cm³/mol. The summed E-state index contributed by atoms with van der Waals surface area (Å²) >= 11 is 0. The molecule has 6 unspecified atom stereocenters. The van der Waals surface area contributed by atoms with Crippen molar-refractivity contribution >= 4 is 23.9 Å². The predicted octanol–water partition coefficient (Wildman–Crippen LogP) is 16.9. The van der Waals surface area contributed by atoms with Crippen molar-refractivity contribution in [3.05, 3.63) is 72.9 Å². The van der Waals surface area contributed by atoms with Gasteiger partial charge in [0.1, 0.15) is 18.8 Å². The molecule has 1 saturated heterocycles. The van der Waals surface area contributed by atoms with Crippen LogP contribution in [0.3, 0.4) is 0 Å². The molecule has 6 atom stereocenters. The van der Waals surface area contributed by atoms with Gasteiger partial charge in [-0.05, 0) is 83.5 Å². The van der Waals surface area contributed by atoms with Gasteiger partial charge in [-0.15, -0.1) is 0 Å². The molecule has 1 aliphatic rings. The lowest BCUT2D eigenvalue weighted by Gasteiger charge is -2.40. The highest BCUT2D eigenvalue weighted by Gasteiger charge is 2.50. The molecule has 3 N–H and O–H groups in total. The lowest BCUT2D eigenvalue weighted by Crippen LogP contribution is -2.61. The summed E-state index contributed by atoms with van der Waals surface area (Å²) in [5.74, 6) is -3.19. The van der Waals surface area contributed by atoms with Crippen LogP contribution in [0.4, 0.5) is 0 Å². The Kier molecular flexibility index (Phi) is 50.7. The molecule has 79 heavy (non-hydrogen) atoms. The molecule has 12 heteroatoms. The van der Waals surface area contributed by atoms with Gasteiger partial charge < -0.3 is 39.0 Å². The number of aliphatic hydroxyl groups is 2. The third-order valence-electron chi connectivity index (χ3n) is 14.3. The van der Waals surface area contributed by atoms with Gasteiger partial charge in [-0.1, -0.05) is 248 Å². The van der Waals surface area contributed by atoms with E-state index in [1.54, 1.807) is 0 Å². The van der Waals surface area contributed by atoms with Crippen LogP contribution < -0.4 is 0 Å². The standard InChI is InChI=1S/C67H114O12/c1-4-7-10-13-16-19-22-25-27-29-30-32-34-37-40-43-46-49-52-55-61(70)78-65-63(72)62(71)64(66(73)74)79-67(65)76-57-58(77-60(69)54-51-48-45-42-39-35-24-21-18-15-12-9-6-3)56-75-59(68)53-50-47-44-41-38-36-33-31-28-26-23-20-17-14-11-8-5-2/h8,11,17,20-21,24,26,28,33,36,41,44,58,62-65,67,71-72H,4-7,9-10,12-16,18-19,22-23,25,27,29-32,34-35,37-40,42-43,45-57H2,1-3H3,(H,73,74)/b11-8-,20-17-,24-21-,28-26-,36-33-,44-41-. The Balaban J connectivity index is 2.67. The van der Waals surface area contributed by atoms with Crippen molar-refractivity contribution in [3.63, 3.8) is 0 Å². The highest BCUT2D eigenvalue weighted by molar-refractivity contribution is 5.74. The SMILES string of the molecule is CC/C=C\C/C=C\C/C=C\C/C=C\C/C=C\CCCC(=O)OCC(COC1OC(C(=O)O)C(O)C(O)C1OC(=O)CCCCCCCCCCCCCCCCCCCCC)OC(=O)CCCCCCC/C=C\CCCCCC. The summed E-state index contributed by atoms with van der Waals surface area (Å²) in [6, 6.07) is 0. The van der Waals surface area contributed by atoms with E-state index in [0.29, 0.717) is 25.7 Å². The van der Waals surface area contributed by atoms with Crippen molar-refractivity contribution in [1.82, 2.24) is 0 Å². The van der Waals surface area contributed by atoms with Crippen molar-refractivity contribution in [2.45, 2.75) is 314 Å². The molecule has 0 aromatic rings. The second-order valence-electron chi connectivity index (χ2n) is 21.7. The molecule has 0 amide bonds. The largest absolute Gasteiger partial charge is 0.479 e. The summed E-state index contributed by atoms with van der Waals surface area (Å²) in [6.45, 7) is 5.84. The first-order valence-corrected chi connectivity index (χ1v) is 31.9. The maximum Gasteiger partial charge on any atom is 0.335 e. The average Bonchev–Trinajstić information content (AvgIpc) is 3.47. The molecule has 454 valence electrons. The van der Waals surface area contributed by atoms with Gasteiger partial charge in [-0.25, -0.2) is 4.79 Å². The van der Waals surface area contributed by atoms with Gasteiger partial charge in [0.2, 0.25) is 0 Å². The number of allylic oxidation sites excluding steroid dienone is 12. The third-order valence-corrected chi connectivity index (χ3v) is 14.3. The Bertz CT molecular complexity index is 1650. The molecular formula is C67H114O12. The van der Waals surface area contributed by atoms with Gasteiger partial charge in [0, 0.05) is 19.3 Å². The zero-order valence-corrected chi connectivity index (χ0v) is 50.1. The highest BCUT2D eigenvalue weighted by Crippen LogP contribution is 2.27. The molecule has 1 rings (SSSR count). The minimum atomic E-state index is -1.91. The van der Waals surface area contributed by atoms with E-state index >= 15 is 0 Å². The summed E-state index contributed by atoms with van der Waals surface area (Å²) in [6.07, 6.45) is 57.3. The molecule has 1 heterocycles. The lowest BCUT2D eigenvalue weighted by atomic mass is 9.98. The van der Waals surface area contributed by atoms with Gasteiger partial charge in [-0.3, -0.25) is 14.4 Å². The Morgan fingerprint density at radius 3 is 1.28 bits per heavy atom. The number of hydrogen-bond acceptors (Lipinski definition) is 11. The molecule has 0 aliphatic carbocycles. The quantitative estimate of drug-likeness (QED) is 0.0228.